The van der Waals surface area contributed by atoms with Crippen molar-refractivity contribution in [2.75, 3.05) is 7.11 Å². The Morgan fingerprint density at radius 3 is 2.45 bits per heavy atom. The maximum absolute atomic E-state index is 14.0. The molecule has 0 saturated heterocycles. The van der Waals surface area contributed by atoms with E-state index < -0.39 is 0 Å². The van der Waals surface area contributed by atoms with E-state index in [1.807, 2.05) is 65.5 Å². The van der Waals surface area contributed by atoms with Gasteiger partial charge in [-0.05, 0) is 51.9 Å². The van der Waals surface area contributed by atoms with E-state index in [4.69, 9.17) is 9.72 Å². The van der Waals surface area contributed by atoms with Crippen molar-refractivity contribution in [3.05, 3.63) is 94.4 Å². The number of methoxy groups -OCH3 is 1. The van der Waals surface area contributed by atoms with Crippen molar-refractivity contribution in [2.45, 2.75) is 58.9 Å². The first kappa shape index (κ1) is 27.1. The Kier molecular flexibility index (Phi) is 7.64. The Morgan fingerprint density at radius 2 is 1.80 bits per heavy atom. The molecule has 0 radical (unpaired) electrons. The first-order chi connectivity index (χ1) is 19.3. The molecule has 0 fully saturated rings. The van der Waals surface area contributed by atoms with Crippen molar-refractivity contribution >= 4 is 0 Å². The van der Waals surface area contributed by atoms with Crippen LogP contribution in [0, 0.1) is 0 Å². The second-order valence-corrected chi connectivity index (χ2v) is 10.9. The fraction of sp³-hybridized carbons (Fsp3) is 0.323. The molecule has 0 amide bonds. The smallest absolute Gasteiger partial charge is 0.333 e. The number of para-hydroxylation sites is 1. The highest BCUT2D eigenvalue weighted by atomic mass is 16.5. The summed E-state index contributed by atoms with van der Waals surface area (Å²) in [6.07, 6.45) is 6.63. The third-order valence-electron chi connectivity index (χ3n) is 7.10. The van der Waals surface area contributed by atoms with E-state index in [0.29, 0.717) is 18.1 Å². The number of benzene rings is 2. The maximum Gasteiger partial charge on any atom is 0.333 e. The van der Waals surface area contributed by atoms with Crippen molar-refractivity contribution in [1.82, 2.24) is 34.7 Å². The second-order valence-electron chi connectivity index (χ2n) is 10.9. The second kappa shape index (κ2) is 11.3. The van der Waals surface area contributed by atoms with Gasteiger partial charge in [0, 0.05) is 29.2 Å². The largest absolute Gasteiger partial charge is 0.495 e. The van der Waals surface area contributed by atoms with Crippen LogP contribution in [0.25, 0.3) is 28.2 Å². The lowest BCUT2D eigenvalue weighted by Crippen LogP contribution is -2.27. The lowest BCUT2D eigenvalue weighted by molar-refractivity contribution is 0.410. The highest BCUT2D eigenvalue weighted by molar-refractivity contribution is 5.79. The zero-order valence-electron chi connectivity index (χ0n) is 23.7. The fourth-order valence-corrected chi connectivity index (χ4v) is 5.01. The lowest BCUT2D eigenvalue weighted by atomic mass is 9.85. The van der Waals surface area contributed by atoms with Crippen LogP contribution in [0.5, 0.6) is 5.75 Å². The average Bonchev–Trinajstić information content (AvgIpc) is 3.60. The highest BCUT2D eigenvalue weighted by Gasteiger charge is 2.25. The number of unbranched alkanes of at least 4 members (excludes halogenated alkanes) is 1. The number of aromatic nitrogens is 7. The summed E-state index contributed by atoms with van der Waals surface area (Å²) in [5, 5.41) is 14.3. The minimum absolute atomic E-state index is 0.102. The van der Waals surface area contributed by atoms with Gasteiger partial charge < -0.3 is 4.74 Å². The number of aromatic amines is 1. The number of hydrogen-bond acceptors (Lipinski definition) is 6. The van der Waals surface area contributed by atoms with Gasteiger partial charge in [0.1, 0.15) is 5.75 Å². The summed E-state index contributed by atoms with van der Waals surface area (Å²) in [4.78, 5) is 18.7. The Balaban J connectivity index is 1.54. The minimum atomic E-state index is -0.176. The van der Waals surface area contributed by atoms with E-state index in [-0.39, 0.29) is 11.1 Å². The number of pyridine rings is 1. The number of nitrogens with one attached hydrogen (secondary N) is 1. The van der Waals surface area contributed by atoms with E-state index >= 15 is 0 Å². The van der Waals surface area contributed by atoms with Crippen LogP contribution in [0.1, 0.15) is 57.5 Å². The first-order valence-electron chi connectivity index (χ1n) is 13.6. The van der Waals surface area contributed by atoms with Gasteiger partial charge in [-0.15, -0.1) is 5.10 Å². The first-order valence-corrected chi connectivity index (χ1v) is 13.6. The van der Waals surface area contributed by atoms with Gasteiger partial charge in [-0.2, -0.15) is 0 Å². The molecule has 5 rings (SSSR count). The topological polar surface area (TPSA) is 104 Å². The lowest BCUT2D eigenvalue weighted by Gasteiger charge is -2.24. The van der Waals surface area contributed by atoms with Crippen molar-refractivity contribution < 1.29 is 4.74 Å². The van der Waals surface area contributed by atoms with Gasteiger partial charge in [-0.1, -0.05) is 76.6 Å². The molecule has 9 heteroatoms. The van der Waals surface area contributed by atoms with E-state index in [9.17, 15) is 4.79 Å². The molecule has 0 aliphatic carbocycles. The summed E-state index contributed by atoms with van der Waals surface area (Å²) in [7, 11) is 1.65. The van der Waals surface area contributed by atoms with Crippen molar-refractivity contribution in [3.63, 3.8) is 0 Å². The number of rotatable bonds is 9. The predicted octanol–water partition coefficient (Wildman–Crippen LogP) is 5.58. The Labute approximate surface area is 233 Å². The van der Waals surface area contributed by atoms with Crippen molar-refractivity contribution in [2.24, 2.45) is 0 Å². The van der Waals surface area contributed by atoms with Crippen LogP contribution < -0.4 is 10.4 Å². The molecular formula is C31H35N7O2. The molecule has 5 aromatic rings. The molecule has 40 heavy (non-hydrogen) atoms. The van der Waals surface area contributed by atoms with Crippen LogP contribution in [0.4, 0.5) is 0 Å². The molecule has 0 spiro atoms. The van der Waals surface area contributed by atoms with Crippen LogP contribution in [0.3, 0.4) is 0 Å². The monoisotopic (exact) mass is 537 g/mol. The minimum Gasteiger partial charge on any atom is -0.495 e. The Hall–Kier alpha value is -4.53. The summed E-state index contributed by atoms with van der Waals surface area (Å²) in [6, 6.07) is 17.9. The number of aryl methyl sites for hydroxylation is 1. The maximum atomic E-state index is 14.0. The Bertz CT molecular complexity index is 1640. The third kappa shape index (κ3) is 5.32. The van der Waals surface area contributed by atoms with Crippen molar-refractivity contribution in [1.29, 1.82) is 0 Å². The average molecular weight is 538 g/mol. The van der Waals surface area contributed by atoms with Gasteiger partial charge >= 0.3 is 5.69 Å². The molecule has 0 atom stereocenters. The third-order valence-corrected chi connectivity index (χ3v) is 7.10. The van der Waals surface area contributed by atoms with E-state index in [2.05, 4.69) is 54.4 Å². The summed E-state index contributed by atoms with van der Waals surface area (Å²) < 4.78 is 9.32. The fourth-order valence-electron chi connectivity index (χ4n) is 5.01. The molecular weight excluding hydrogens is 502 g/mol. The summed E-state index contributed by atoms with van der Waals surface area (Å²) in [5.41, 5.74) is 6.15. The molecule has 0 aliphatic heterocycles. The van der Waals surface area contributed by atoms with Crippen LogP contribution in [-0.4, -0.2) is 41.9 Å². The van der Waals surface area contributed by atoms with Crippen LogP contribution >= 0.6 is 0 Å². The zero-order chi connectivity index (χ0) is 28.3. The molecule has 3 aromatic heterocycles. The van der Waals surface area contributed by atoms with E-state index in [1.54, 1.807) is 11.7 Å². The standard InChI is InChI=1S/C31H35N7O2/c1-6-7-11-23-20-38(28-26(31(2,3)4)14-10-15-27(28)40-5)30(39)37(23)19-22-17-16-21(18-32-22)24-12-8-9-13-25(24)29-33-35-36-34-29/h8-10,12-18,20H,6-7,11,19H2,1-5H3,(H,33,34,35,36). The molecule has 3 heterocycles. The van der Waals surface area contributed by atoms with Crippen LogP contribution in [0.15, 0.2) is 71.8 Å². The number of nitrogens with zero attached hydrogens (tertiary/aromatic N) is 6. The predicted molar refractivity (Wildman–Crippen MR) is 156 cm³/mol. The summed E-state index contributed by atoms with van der Waals surface area (Å²) in [5.74, 6) is 1.27. The number of H-pyrrole nitrogens is 1. The molecule has 9 nitrogen and oxygen atoms in total. The highest BCUT2D eigenvalue weighted by Crippen LogP contribution is 2.34. The molecule has 0 unspecified atom stereocenters. The quantitative estimate of drug-likeness (QED) is 0.263. The zero-order valence-corrected chi connectivity index (χ0v) is 23.7. The summed E-state index contributed by atoms with van der Waals surface area (Å²) in [6.45, 7) is 8.97. The SMILES string of the molecule is CCCCc1cn(-c2c(OC)cccc2C(C)(C)C)c(=O)n1Cc1ccc(-c2ccccc2-c2nnn[nH]2)cn1. The molecule has 0 aliphatic rings. The van der Waals surface area contributed by atoms with Crippen LogP contribution in [0.2, 0.25) is 0 Å². The normalized spacial score (nSPS) is 11.6. The van der Waals surface area contributed by atoms with Gasteiger partial charge in [0.25, 0.3) is 0 Å². The number of tetrazole rings is 1. The van der Waals surface area contributed by atoms with E-state index in [0.717, 1.165) is 58.6 Å². The number of imidazole rings is 1. The molecule has 206 valence electrons. The molecule has 1 N–H and O–H groups in total. The van der Waals surface area contributed by atoms with Gasteiger partial charge in [-0.3, -0.25) is 14.1 Å². The van der Waals surface area contributed by atoms with Gasteiger partial charge in [0.05, 0.1) is 25.0 Å². The molecule has 2 aromatic carbocycles. The van der Waals surface area contributed by atoms with Crippen LogP contribution in [-0.2, 0) is 18.4 Å². The van der Waals surface area contributed by atoms with Gasteiger partial charge in [0.15, 0.2) is 5.82 Å². The van der Waals surface area contributed by atoms with E-state index in [1.165, 1.54) is 0 Å². The number of ether oxygens (including phenoxy) is 1. The van der Waals surface area contributed by atoms with Gasteiger partial charge in [-0.25, -0.2) is 9.89 Å². The van der Waals surface area contributed by atoms with Crippen molar-refractivity contribution in [3.8, 4) is 34.0 Å². The molecule has 0 bridgehead atoms. The van der Waals surface area contributed by atoms with Gasteiger partial charge in [0.2, 0.25) is 0 Å². The molecule has 0 saturated carbocycles. The number of hydrogen-bond donors (Lipinski definition) is 1. The summed E-state index contributed by atoms with van der Waals surface area (Å²) >= 11 is 0. The Morgan fingerprint density at radius 1 is 1.00 bits per heavy atom.